The molecule has 16 heavy (non-hydrogen) atoms. The standard InChI is InChI=1S/C12H12FNOS/c1-9-7-12(13)14-8-11(9)5-3-4-6-16-10(2)15/h7-8H,4,6H2,1-2H3. The van der Waals surface area contributed by atoms with E-state index >= 15 is 0 Å². The van der Waals surface area contributed by atoms with Gasteiger partial charge in [-0.25, -0.2) is 4.98 Å². The van der Waals surface area contributed by atoms with E-state index in [2.05, 4.69) is 16.8 Å². The number of halogens is 1. The smallest absolute Gasteiger partial charge is 0.213 e. The predicted octanol–water partition coefficient (Wildman–Crippen LogP) is 2.55. The summed E-state index contributed by atoms with van der Waals surface area (Å²) in [5, 5.41) is 0.0985. The molecule has 0 spiro atoms. The zero-order valence-electron chi connectivity index (χ0n) is 9.21. The van der Waals surface area contributed by atoms with Crippen LogP contribution >= 0.6 is 11.8 Å². The first-order valence-electron chi connectivity index (χ1n) is 4.84. The molecule has 0 saturated heterocycles. The van der Waals surface area contributed by atoms with E-state index < -0.39 is 5.95 Å². The van der Waals surface area contributed by atoms with Gasteiger partial charge in [-0.1, -0.05) is 23.6 Å². The zero-order valence-corrected chi connectivity index (χ0v) is 10.0. The van der Waals surface area contributed by atoms with Gasteiger partial charge in [0.25, 0.3) is 0 Å². The lowest BCUT2D eigenvalue weighted by Crippen LogP contribution is -1.89. The Morgan fingerprint density at radius 1 is 1.62 bits per heavy atom. The molecule has 0 amide bonds. The lowest BCUT2D eigenvalue weighted by atomic mass is 10.1. The molecule has 0 bridgehead atoms. The van der Waals surface area contributed by atoms with Crippen molar-refractivity contribution in [2.75, 3.05) is 5.75 Å². The highest BCUT2D eigenvalue weighted by Gasteiger charge is 1.97. The van der Waals surface area contributed by atoms with Crippen molar-refractivity contribution in [3.63, 3.8) is 0 Å². The van der Waals surface area contributed by atoms with Crippen LogP contribution in [0, 0.1) is 24.7 Å². The Hall–Kier alpha value is -1.34. The van der Waals surface area contributed by atoms with E-state index in [1.807, 2.05) is 0 Å². The molecule has 1 aromatic rings. The van der Waals surface area contributed by atoms with Gasteiger partial charge >= 0.3 is 0 Å². The number of hydrogen-bond acceptors (Lipinski definition) is 3. The average molecular weight is 237 g/mol. The van der Waals surface area contributed by atoms with Crippen LogP contribution in [0.15, 0.2) is 12.3 Å². The third-order valence-electron chi connectivity index (χ3n) is 1.83. The molecule has 0 atom stereocenters. The summed E-state index contributed by atoms with van der Waals surface area (Å²) in [5.41, 5.74) is 1.51. The van der Waals surface area contributed by atoms with Crippen molar-refractivity contribution in [3.8, 4) is 11.8 Å². The lowest BCUT2D eigenvalue weighted by Gasteiger charge is -1.96. The maximum Gasteiger partial charge on any atom is 0.213 e. The van der Waals surface area contributed by atoms with Crippen LogP contribution in [0.4, 0.5) is 4.39 Å². The van der Waals surface area contributed by atoms with Gasteiger partial charge in [-0.3, -0.25) is 4.79 Å². The molecular weight excluding hydrogens is 225 g/mol. The molecule has 0 radical (unpaired) electrons. The predicted molar refractivity (Wildman–Crippen MR) is 63.6 cm³/mol. The number of thioether (sulfide) groups is 1. The molecule has 0 N–H and O–H groups in total. The van der Waals surface area contributed by atoms with Crippen LogP contribution < -0.4 is 0 Å². The Morgan fingerprint density at radius 2 is 2.38 bits per heavy atom. The molecule has 1 rings (SSSR count). The van der Waals surface area contributed by atoms with Gasteiger partial charge in [0.05, 0.1) is 0 Å². The van der Waals surface area contributed by atoms with Gasteiger partial charge in [0.1, 0.15) is 0 Å². The molecule has 4 heteroatoms. The number of aryl methyl sites for hydroxylation is 1. The normalized spacial score (nSPS) is 9.44. The fourth-order valence-electron chi connectivity index (χ4n) is 1.06. The van der Waals surface area contributed by atoms with Crippen LogP contribution in [0.5, 0.6) is 0 Å². The van der Waals surface area contributed by atoms with Gasteiger partial charge in [0, 0.05) is 30.9 Å². The summed E-state index contributed by atoms with van der Waals surface area (Å²) in [5.74, 6) is 6.04. The molecule has 0 aliphatic carbocycles. The maximum atomic E-state index is 12.7. The second-order valence-electron chi connectivity index (χ2n) is 3.21. The van der Waals surface area contributed by atoms with Crippen molar-refractivity contribution < 1.29 is 9.18 Å². The van der Waals surface area contributed by atoms with E-state index in [0.717, 1.165) is 11.1 Å². The highest BCUT2D eigenvalue weighted by molar-refractivity contribution is 8.13. The number of pyridine rings is 1. The number of carbonyl (C=O) groups excluding carboxylic acids is 1. The second kappa shape index (κ2) is 6.29. The SMILES string of the molecule is CC(=O)SCCC#Cc1cnc(F)cc1C. The minimum atomic E-state index is -0.491. The summed E-state index contributed by atoms with van der Waals surface area (Å²) in [6, 6.07) is 1.36. The first-order chi connectivity index (χ1) is 7.59. The first kappa shape index (κ1) is 12.7. The minimum Gasteiger partial charge on any atom is -0.288 e. The molecule has 0 aromatic carbocycles. The van der Waals surface area contributed by atoms with Gasteiger partial charge in [-0.15, -0.1) is 0 Å². The van der Waals surface area contributed by atoms with E-state index in [1.165, 1.54) is 30.9 Å². The van der Waals surface area contributed by atoms with Crippen LogP contribution in [0.3, 0.4) is 0 Å². The van der Waals surface area contributed by atoms with Crippen LogP contribution in [0.1, 0.15) is 24.5 Å². The van der Waals surface area contributed by atoms with Crippen molar-refractivity contribution in [1.29, 1.82) is 0 Å². The highest BCUT2D eigenvalue weighted by atomic mass is 32.2. The Bertz CT molecular complexity index is 448. The molecule has 2 nitrogen and oxygen atoms in total. The summed E-state index contributed by atoms with van der Waals surface area (Å²) in [7, 11) is 0. The molecule has 1 heterocycles. The molecule has 84 valence electrons. The van der Waals surface area contributed by atoms with Crippen molar-refractivity contribution in [3.05, 3.63) is 29.3 Å². The summed E-state index contributed by atoms with van der Waals surface area (Å²) in [4.78, 5) is 14.2. The Morgan fingerprint density at radius 3 is 3.00 bits per heavy atom. The zero-order chi connectivity index (χ0) is 12.0. The highest BCUT2D eigenvalue weighted by Crippen LogP contribution is 2.06. The molecule has 0 unspecified atom stereocenters. The average Bonchev–Trinajstić information content (AvgIpc) is 2.20. The number of hydrogen-bond donors (Lipinski definition) is 0. The topological polar surface area (TPSA) is 30.0 Å². The number of nitrogens with zero attached hydrogens (tertiary/aromatic N) is 1. The Labute approximate surface area is 98.7 Å². The van der Waals surface area contributed by atoms with Gasteiger partial charge in [0.2, 0.25) is 5.95 Å². The van der Waals surface area contributed by atoms with Gasteiger partial charge in [-0.05, 0) is 18.6 Å². The minimum absolute atomic E-state index is 0.0985. The molecule has 0 aliphatic rings. The van der Waals surface area contributed by atoms with Crippen molar-refractivity contribution in [2.45, 2.75) is 20.3 Å². The molecule has 0 saturated carbocycles. The lowest BCUT2D eigenvalue weighted by molar-refractivity contribution is -0.109. The van der Waals surface area contributed by atoms with Crippen molar-refractivity contribution >= 4 is 16.9 Å². The van der Waals surface area contributed by atoms with Gasteiger partial charge < -0.3 is 0 Å². The number of aromatic nitrogens is 1. The largest absolute Gasteiger partial charge is 0.288 e. The Balaban J connectivity index is 2.53. The van der Waals surface area contributed by atoms with E-state index in [-0.39, 0.29) is 5.12 Å². The van der Waals surface area contributed by atoms with Crippen LogP contribution in [-0.4, -0.2) is 15.9 Å². The first-order valence-corrected chi connectivity index (χ1v) is 5.82. The van der Waals surface area contributed by atoms with Crippen LogP contribution in [-0.2, 0) is 4.79 Å². The molecule has 0 fully saturated rings. The summed E-state index contributed by atoms with van der Waals surface area (Å²) < 4.78 is 12.7. The van der Waals surface area contributed by atoms with E-state index in [4.69, 9.17) is 0 Å². The van der Waals surface area contributed by atoms with Crippen LogP contribution in [0.2, 0.25) is 0 Å². The molecule has 0 aliphatic heterocycles. The fourth-order valence-corrected chi connectivity index (χ4v) is 1.55. The third kappa shape index (κ3) is 4.45. The second-order valence-corrected chi connectivity index (χ2v) is 4.49. The fraction of sp³-hybridized carbons (Fsp3) is 0.333. The quantitative estimate of drug-likeness (QED) is 0.450. The molecular formula is C12H12FNOS. The summed E-state index contributed by atoms with van der Waals surface area (Å²) in [6.45, 7) is 3.32. The van der Waals surface area contributed by atoms with Gasteiger partial charge in [0.15, 0.2) is 5.12 Å². The number of rotatable bonds is 2. The van der Waals surface area contributed by atoms with E-state index in [1.54, 1.807) is 6.92 Å². The Kier molecular flexibility index (Phi) is 5.00. The van der Waals surface area contributed by atoms with Gasteiger partial charge in [-0.2, -0.15) is 4.39 Å². The summed E-state index contributed by atoms with van der Waals surface area (Å²) in [6.07, 6.45) is 2.07. The maximum absolute atomic E-state index is 12.7. The van der Waals surface area contributed by atoms with E-state index in [9.17, 15) is 9.18 Å². The van der Waals surface area contributed by atoms with E-state index in [0.29, 0.717) is 12.2 Å². The van der Waals surface area contributed by atoms with Crippen molar-refractivity contribution in [2.24, 2.45) is 0 Å². The third-order valence-corrected chi connectivity index (χ3v) is 2.65. The monoisotopic (exact) mass is 237 g/mol. The molecule has 1 aromatic heterocycles. The van der Waals surface area contributed by atoms with Crippen LogP contribution in [0.25, 0.3) is 0 Å². The number of carbonyl (C=O) groups is 1. The summed E-state index contributed by atoms with van der Waals surface area (Å²) >= 11 is 1.26. The van der Waals surface area contributed by atoms with Crippen molar-refractivity contribution in [1.82, 2.24) is 4.98 Å².